The summed E-state index contributed by atoms with van der Waals surface area (Å²) in [6.45, 7) is 7.04. The highest BCUT2D eigenvalue weighted by Crippen LogP contribution is 2.40. The Morgan fingerprint density at radius 1 is 1.23 bits per heavy atom. The van der Waals surface area contributed by atoms with Gasteiger partial charge in [-0.05, 0) is 42.5 Å². The molecule has 4 rings (SSSR count). The average Bonchev–Trinajstić information content (AvgIpc) is 3.19. The summed E-state index contributed by atoms with van der Waals surface area (Å²) in [5, 5.41) is 10.4. The number of allylic oxidation sites excluding steroid dienone is 1. The first-order valence-electron chi connectivity index (χ1n) is 9.06. The van der Waals surface area contributed by atoms with Crippen molar-refractivity contribution in [3.8, 4) is 11.5 Å². The zero-order valence-corrected chi connectivity index (χ0v) is 15.1. The lowest BCUT2D eigenvalue weighted by Gasteiger charge is -2.35. The minimum absolute atomic E-state index is 0.168. The third kappa shape index (κ3) is 3.15. The summed E-state index contributed by atoms with van der Waals surface area (Å²) in [5.74, 6) is 2.48. The summed E-state index contributed by atoms with van der Waals surface area (Å²) in [7, 11) is 0. The molecular formula is C21H23NO4. The molecule has 2 aromatic rings. The molecule has 2 atom stereocenters. The first kappa shape index (κ1) is 16.9. The minimum atomic E-state index is -0.182. The number of furan rings is 1. The quantitative estimate of drug-likeness (QED) is 0.843. The zero-order valence-electron chi connectivity index (χ0n) is 15.1. The summed E-state index contributed by atoms with van der Waals surface area (Å²) in [6, 6.07) is 6.74. The van der Waals surface area contributed by atoms with Gasteiger partial charge in [0, 0.05) is 25.7 Å². The molecule has 0 unspecified atom stereocenters. The van der Waals surface area contributed by atoms with Gasteiger partial charge in [0.2, 0.25) is 5.78 Å². The second-order valence-corrected chi connectivity index (χ2v) is 7.54. The van der Waals surface area contributed by atoms with Gasteiger partial charge in [-0.15, -0.1) is 0 Å². The van der Waals surface area contributed by atoms with E-state index in [0.29, 0.717) is 41.0 Å². The van der Waals surface area contributed by atoms with Gasteiger partial charge in [0.25, 0.3) is 0 Å². The molecule has 2 aliphatic rings. The highest BCUT2D eigenvalue weighted by Gasteiger charge is 2.32. The predicted octanol–water partition coefficient (Wildman–Crippen LogP) is 4.08. The van der Waals surface area contributed by atoms with E-state index < -0.39 is 0 Å². The highest BCUT2D eigenvalue weighted by molar-refractivity contribution is 6.14. The largest absolute Gasteiger partial charge is 0.507 e. The molecule has 5 heteroatoms. The number of ether oxygens (including phenoxy) is 1. The molecule has 1 aromatic carbocycles. The molecule has 2 aliphatic heterocycles. The number of piperidine rings is 1. The molecular weight excluding hydrogens is 330 g/mol. The first-order valence-corrected chi connectivity index (χ1v) is 9.06. The van der Waals surface area contributed by atoms with E-state index in [1.165, 1.54) is 6.42 Å². The Labute approximate surface area is 152 Å². The number of likely N-dealkylation sites (tertiary alicyclic amines) is 1. The molecule has 0 radical (unpaired) electrons. The molecule has 1 N–H and O–H groups in total. The highest BCUT2D eigenvalue weighted by atomic mass is 16.5. The van der Waals surface area contributed by atoms with Crippen LogP contribution in [0.4, 0.5) is 0 Å². The molecule has 0 amide bonds. The van der Waals surface area contributed by atoms with Crippen LogP contribution >= 0.6 is 0 Å². The van der Waals surface area contributed by atoms with Gasteiger partial charge in [0.05, 0.1) is 17.4 Å². The van der Waals surface area contributed by atoms with Crippen molar-refractivity contribution >= 4 is 11.9 Å². The topological polar surface area (TPSA) is 62.9 Å². The van der Waals surface area contributed by atoms with Crippen LogP contribution in [0, 0.1) is 11.8 Å². The van der Waals surface area contributed by atoms with Crippen LogP contribution in [-0.2, 0) is 6.54 Å². The average molecular weight is 353 g/mol. The van der Waals surface area contributed by atoms with Gasteiger partial charge < -0.3 is 14.3 Å². The summed E-state index contributed by atoms with van der Waals surface area (Å²) in [5.41, 5.74) is 1.17. The zero-order chi connectivity index (χ0) is 18.3. The van der Waals surface area contributed by atoms with E-state index in [1.807, 2.05) is 0 Å². The monoisotopic (exact) mass is 353 g/mol. The second kappa shape index (κ2) is 6.65. The Morgan fingerprint density at radius 3 is 2.69 bits per heavy atom. The summed E-state index contributed by atoms with van der Waals surface area (Å²) in [4.78, 5) is 15.0. The van der Waals surface area contributed by atoms with Gasteiger partial charge in [-0.2, -0.15) is 0 Å². The van der Waals surface area contributed by atoms with E-state index in [2.05, 4.69) is 18.7 Å². The van der Waals surface area contributed by atoms with Gasteiger partial charge in [0.1, 0.15) is 17.3 Å². The third-order valence-corrected chi connectivity index (χ3v) is 5.06. The van der Waals surface area contributed by atoms with Gasteiger partial charge in [-0.1, -0.05) is 13.8 Å². The smallest absolute Gasteiger partial charge is 0.232 e. The van der Waals surface area contributed by atoms with Crippen molar-refractivity contribution in [2.45, 2.75) is 26.8 Å². The van der Waals surface area contributed by atoms with E-state index in [4.69, 9.17) is 9.15 Å². The Hall–Kier alpha value is -2.53. The maximum Gasteiger partial charge on any atom is 0.232 e. The Kier molecular flexibility index (Phi) is 4.32. The maximum atomic E-state index is 12.7. The van der Waals surface area contributed by atoms with Crippen molar-refractivity contribution in [3.05, 3.63) is 53.2 Å². The molecule has 0 aliphatic carbocycles. The van der Waals surface area contributed by atoms with E-state index in [0.717, 1.165) is 13.1 Å². The fourth-order valence-corrected chi connectivity index (χ4v) is 4.10. The summed E-state index contributed by atoms with van der Waals surface area (Å²) < 4.78 is 11.1. The molecule has 0 bridgehead atoms. The number of fused-ring (bicyclic) bond motifs is 1. The van der Waals surface area contributed by atoms with Crippen molar-refractivity contribution < 1.29 is 19.1 Å². The number of carbonyl (C=O) groups is 1. The number of phenolic OH excluding ortho intramolecular Hbond substituents is 1. The molecule has 1 saturated heterocycles. The lowest BCUT2D eigenvalue weighted by Crippen LogP contribution is -2.38. The molecule has 1 fully saturated rings. The fraction of sp³-hybridized carbons (Fsp3) is 0.381. The number of aromatic hydroxyl groups is 1. The molecule has 136 valence electrons. The van der Waals surface area contributed by atoms with Gasteiger partial charge >= 0.3 is 0 Å². The van der Waals surface area contributed by atoms with Crippen molar-refractivity contribution in [1.82, 2.24) is 4.90 Å². The maximum absolute atomic E-state index is 12.7. The minimum Gasteiger partial charge on any atom is -0.507 e. The van der Waals surface area contributed by atoms with E-state index in [1.54, 1.807) is 36.6 Å². The Balaban J connectivity index is 1.64. The number of rotatable bonds is 3. The molecule has 3 heterocycles. The second-order valence-electron chi connectivity index (χ2n) is 7.54. The third-order valence-electron chi connectivity index (χ3n) is 5.06. The number of carbonyl (C=O) groups excluding carboxylic acids is 1. The number of nitrogens with zero attached hydrogens (tertiary/aromatic N) is 1. The number of hydrogen-bond donors (Lipinski definition) is 1. The molecule has 26 heavy (non-hydrogen) atoms. The van der Waals surface area contributed by atoms with Gasteiger partial charge in [0.15, 0.2) is 5.76 Å². The van der Waals surface area contributed by atoms with Crippen LogP contribution in [-0.4, -0.2) is 28.9 Å². The van der Waals surface area contributed by atoms with Crippen LogP contribution in [0.15, 0.2) is 40.7 Å². The van der Waals surface area contributed by atoms with Crippen molar-refractivity contribution in [2.24, 2.45) is 11.8 Å². The summed E-state index contributed by atoms with van der Waals surface area (Å²) >= 11 is 0. The normalized spacial score (nSPS) is 24.7. The lowest BCUT2D eigenvalue weighted by atomic mass is 9.91. The van der Waals surface area contributed by atoms with Crippen LogP contribution in [0.5, 0.6) is 11.5 Å². The Bertz CT molecular complexity index is 843. The lowest BCUT2D eigenvalue weighted by molar-refractivity contribution is 0.101. The molecule has 0 spiro atoms. The van der Waals surface area contributed by atoms with Crippen molar-refractivity contribution in [2.75, 3.05) is 13.1 Å². The number of hydrogen-bond acceptors (Lipinski definition) is 5. The standard InChI is InChI=1S/C21H23NO4/c1-13-8-14(2)11-22(10-13)12-17-18(23)6-5-16-20(24)19(26-21(16)17)9-15-4-3-7-25-15/h3-7,9,13-14,23H,8,10-12H2,1-2H3/b19-9-/t13-,14+. The van der Waals surface area contributed by atoms with Crippen LogP contribution < -0.4 is 4.74 Å². The molecule has 5 nitrogen and oxygen atoms in total. The van der Waals surface area contributed by atoms with E-state index in [-0.39, 0.29) is 17.3 Å². The van der Waals surface area contributed by atoms with Crippen LogP contribution in [0.1, 0.15) is 41.9 Å². The predicted molar refractivity (Wildman–Crippen MR) is 98.0 cm³/mol. The SMILES string of the molecule is C[C@@H]1C[C@H](C)CN(Cc2c(O)ccc3c2O/C(=C\c2ccco2)C3=O)C1. The van der Waals surface area contributed by atoms with Crippen LogP contribution in [0.25, 0.3) is 6.08 Å². The van der Waals surface area contributed by atoms with Crippen molar-refractivity contribution in [3.63, 3.8) is 0 Å². The molecule has 0 saturated carbocycles. The number of Topliss-reactive ketones (excluding diaryl/α,β-unsaturated/α-hetero) is 1. The van der Waals surface area contributed by atoms with Crippen molar-refractivity contribution in [1.29, 1.82) is 0 Å². The van der Waals surface area contributed by atoms with E-state index >= 15 is 0 Å². The van der Waals surface area contributed by atoms with Crippen LogP contribution in [0.2, 0.25) is 0 Å². The molecule has 1 aromatic heterocycles. The van der Waals surface area contributed by atoms with E-state index in [9.17, 15) is 9.90 Å². The fourth-order valence-electron chi connectivity index (χ4n) is 4.10. The summed E-state index contributed by atoms with van der Waals surface area (Å²) in [6.07, 6.45) is 4.36. The van der Waals surface area contributed by atoms with Crippen LogP contribution in [0.3, 0.4) is 0 Å². The Morgan fingerprint density at radius 2 is 2.00 bits per heavy atom. The number of phenols is 1. The number of ketones is 1. The first-order chi connectivity index (χ1) is 12.5. The van der Waals surface area contributed by atoms with Gasteiger partial charge in [-0.25, -0.2) is 0 Å². The number of benzene rings is 1. The van der Waals surface area contributed by atoms with Gasteiger partial charge in [-0.3, -0.25) is 9.69 Å².